The first kappa shape index (κ1) is 15.1. The van der Waals surface area contributed by atoms with E-state index in [2.05, 4.69) is 15.6 Å². The first-order valence-corrected chi connectivity index (χ1v) is 7.40. The molecule has 1 fully saturated rings. The summed E-state index contributed by atoms with van der Waals surface area (Å²) < 4.78 is 1.01. The van der Waals surface area contributed by atoms with Crippen molar-refractivity contribution in [1.82, 2.24) is 25.2 Å². The van der Waals surface area contributed by atoms with Gasteiger partial charge in [0.25, 0.3) is 5.56 Å². The van der Waals surface area contributed by atoms with Crippen LogP contribution in [0.5, 0.6) is 0 Å². The highest BCUT2D eigenvalue weighted by Crippen LogP contribution is 2.18. The molecule has 0 atom stereocenters. The van der Waals surface area contributed by atoms with E-state index in [9.17, 15) is 14.4 Å². The van der Waals surface area contributed by atoms with E-state index in [-0.39, 0.29) is 36.5 Å². The molecule has 0 spiro atoms. The van der Waals surface area contributed by atoms with E-state index < -0.39 is 0 Å². The standard InChI is InChI=1S/C15H17N5O3/c1-19(8-13(21)16-10-6-7-10)14(22)9-20-15(23)11-4-2-3-5-12(11)17-18-20/h2-5,10H,6-9H2,1H3,(H,16,21). The quantitative estimate of drug-likeness (QED) is 0.804. The van der Waals surface area contributed by atoms with E-state index in [1.54, 1.807) is 24.3 Å². The van der Waals surface area contributed by atoms with Gasteiger partial charge in [-0.2, -0.15) is 0 Å². The van der Waals surface area contributed by atoms with Crippen LogP contribution in [0.15, 0.2) is 29.1 Å². The van der Waals surface area contributed by atoms with Gasteiger partial charge in [0, 0.05) is 13.1 Å². The van der Waals surface area contributed by atoms with Crippen molar-refractivity contribution >= 4 is 22.7 Å². The fourth-order valence-electron chi connectivity index (χ4n) is 2.18. The highest BCUT2D eigenvalue weighted by atomic mass is 16.2. The lowest BCUT2D eigenvalue weighted by atomic mass is 10.2. The van der Waals surface area contributed by atoms with Crippen molar-refractivity contribution < 1.29 is 9.59 Å². The van der Waals surface area contributed by atoms with Crippen molar-refractivity contribution in [3.05, 3.63) is 34.6 Å². The first-order valence-electron chi connectivity index (χ1n) is 7.40. The van der Waals surface area contributed by atoms with E-state index >= 15 is 0 Å². The van der Waals surface area contributed by atoms with Crippen LogP contribution < -0.4 is 10.9 Å². The average molecular weight is 315 g/mol. The van der Waals surface area contributed by atoms with Crippen LogP contribution in [0, 0.1) is 0 Å². The number of fused-ring (bicyclic) bond motifs is 1. The number of rotatable bonds is 5. The van der Waals surface area contributed by atoms with E-state index in [4.69, 9.17) is 0 Å². The summed E-state index contributed by atoms with van der Waals surface area (Å²) in [7, 11) is 1.52. The van der Waals surface area contributed by atoms with Crippen LogP contribution in [0.25, 0.3) is 10.9 Å². The number of aromatic nitrogens is 3. The maximum atomic E-state index is 12.3. The fraction of sp³-hybridized carbons (Fsp3) is 0.400. The zero-order valence-corrected chi connectivity index (χ0v) is 12.7. The minimum Gasteiger partial charge on any atom is -0.352 e. The second kappa shape index (κ2) is 6.15. The Morgan fingerprint density at radius 1 is 1.35 bits per heavy atom. The summed E-state index contributed by atoms with van der Waals surface area (Å²) in [5, 5.41) is 10.9. The fourth-order valence-corrected chi connectivity index (χ4v) is 2.18. The summed E-state index contributed by atoms with van der Waals surface area (Å²) in [4.78, 5) is 37.4. The summed E-state index contributed by atoms with van der Waals surface area (Å²) in [5.41, 5.74) is 0.109. The minimum absolute atomic E-state index is 0.0366. The summed E-state index contributed by atoms with van der Waals surface area (Å²) in [6.45, 7) is -0.283. The maximum absolute atomic E-state index is 12.3. The Balaban J connectivity index is 1.68. The molecule has 1 aliphatic carbocycles. The minimum atomic E-state index is -0.375. The normalized spacial score (nSPS) is 13.8. The van der Waals surface area contributed by atoms with Crippen LogP contribution in [0.1, 0.15) is 12.8 Å². The van der Waals surface area contributed by atoms with Gasteiger partial charge in [0.15, 0.2) is 0 Å². The summed E-state index contributed by atoms with van der Waals surface area (Å²) in [6.07, 6.45) is 1.98. The summed E-state index contributed by atoms with van der Waals surface area (Å²) >= 11 is 0. The van der Waals surface area contributed by atoms with E-state index in [1.165, 1.54) is 11.9 Å². The molecule has 0 radical (unpaired) electrons. The van der Waals surface area contributed by atoms with Crippen LogP contribution in [0.3, 0.4) is 0 Å². The lowest BCUT2D eigenvalue weighted by molar-refractivity contribution is -0.135. The number of hydrogen-bond acceptors (Lipinski definition) is 5. The lowest BCUT2D eigenvalue weighted by Gasteiger charge is -2.16. The van der Waals surface area contributed by atoms with Gasteiger partial charge in [-0.15, -0.1) is 5.10 Å². The van der Waals surface area contributed by atoms with Crippen LogP contribution >= 0.6 is 0 Å². The average Bonchev–Trinajstić information content (AvgIpc) is 3.34. The van der Waals surface area contributed by atoms with Crippen LogP contribution in [-0.4, -0.2) is 51.3 Å². The number of hydrogen-bond donors (Lipinski definition) is 1. The number of benzene rings is 1. The molecular weight excluding hydrogens is 298 g/mol. The molecule has 8 nitrogen and oxygen atoms in total. The van der Waals surface area contributed by atoms with E-state index in [0.717, 1.165) is 17.5 Å². The molecule has 0 aliphatic heterocycles. The lowest BCUT2D eigenvalue weighted by Crippen LogP contribution is -2.41. The van der Waals surface area contributed by atoms with Crippen LogP contribution in [-0.2, 0) is 16.1 Å². The topological polar surface area (TPSA) is 97.2 Å². The van der Waals surface area contributed by atoms with Gasteiger partial charge in [-0.1, -0.05) is 17.3 Å². The predicted molar refractivity (Wildman–Crippen MR) is 82.6 cm³/mol. The van der Waals surface area contributed by atoms with Crippen molar-refractivity contribution in [2.24, 2.45) is 0 Å². The highest BCUT2D eigenvalue weighted by molar-refractivity contribution is 5.85. The Morgan fingerprint density at radius 3 is 2.83 bits per heavy atom. The zero-order valence-electron chi connectivity index (χ0n) is 12.7. The smallest absolute Gasteiger partial charge is 0.278 e. The third-order valence-electron chi connectivity index (χ3n) is 3.66. The molecule has 23 heavy (non-hydrogen) atoms. The van der Waals surface area contributed by atoms with Crippen LogP contribution in [0.4, 0.5) is 0 Å². The van der Waals surface area contributed by atoms with Gasteiger partial charge in [0.2, 0.25) is 11.8 Å². The summed E-state index contributed by atoms with van der Waals surface area (Å²) in [6, 6.07) is 7.06. The van der Waals surface area contributed by atoms with Gasteiger partial charge in [-0.3, -0.25) is 14.4 Å². The van der Waals surface area contributed by atoms with Gasteiger partial charge < -0.3 is 10.2 Å². The Kier molecular flexibility index (Phi) is 4.05. The first-order chi connectivity index (χ1) is 11.0. The highest BCUT2D eigenvalue weighted by Gasteiger charge is 2.24. The molecular formula is C15H17N5O3. The third kappa shape index (κ3) is 3.53. The van der Waals surface area contributed by atoms with Gasteiger partial charge in [0.05, 0.1) is 11.9 Å². The molecule has 1 saturated carbocycles. The van der Waals surface area contributed by atoms with Gasteiger partial charge in [0.1, 0.15) is 12.1 Å². The molecule has 1 aromatic heterocycles. The molecule has 0 bridgehead atoms. The molecule has 2 amide bonds. The zero-order chi connectivity index (χ0) is 16.4. The number of carbonyl (C=O) groups excluding carboxylic acids is 2. The van der Waals surface area contributed by atoms with Gasteiger partial charge in [-0.25, -0.2) is 4.68 Å². The molecule has 1 aliphatic rings. The molecule has 2 aromatic rings. The summed E-state index contributed by atoms with van der Waals surface area (Å²) in [5.74, 6) is -0.567. The second-order valence-corrected chi connectivity index (χ2v) is 5.66. The molecule has 1 aromatic carbocycles. The monoisotopic (exact) mass is 315 g/mol. The Morgan fingerprint density at radius 2 is 2.09 bits per heavy atom. The number of carbonyl (C=O) groups is 2. The molecule has 0 saturated heterocycles. The molecule has 8 heteroatoms. The third-order valence-corrected chi connectivity index (χ3v) is 3.66. The van der Waals surface area contributed by atoms with Crippen molar-refractivity contribution in [3.63, 3.8) is 0 Å². The number of nitrogens with one attached hydrogen (secondary N) is 1. The van der Waals surface area contributed by atoms with Crippen molar-refractivity contribution in [1.29, 1.82) is 0 Å². The van der Waals surface area contributed by atoms with Crippen LogP contribution in [0.2, 0.25) is 0 Å². The maximum Gasteiger partial charge on any atom is 0.278 e. The Labute approximate surface area is 132 Å². The van der Waals surface area contributed by atoms with Gasteiger partial charge in [-0.05, 0) is 25.0 Å². The molecule has 3 rings (SSSR count). The largest absolute Gasteiger partial charge is 0.352 e. The molecule has 1 N–H and O–H groups in total. The van der Waals surface area contributed by atoms with Crippen molar-refractivity contribution in [2.45, 2.75) is 25.4 Å². The van der Waals surface area contributed by atoms with Crippen molar-refractivity contribution in [3.8, 4) is 0 Å². The van der Waals surface area contributed by atoms with E-state index in [1.807, 2.05) is 0 Å². The van der Waals surface area contributed by atoms with E-state index in [0.29, 0.717) is 10.9 Å². The second-order valence-electron chi connectivity index (χ2n) is 5.66. The Hall–Kier alpha value is -2.77. The SMILES string of the molecule is CN(CC(=O)NC1CC1)C(=O)Cn1nnc2ccccc2c1=O. The number of amides is 2. The number of nitrogens with zero attached hydrogens (tertiary/aromatic N) is 4. The molecule has 0 unspecified atom stereocenters. The predicted octanol–water partition coefficient (Wildman–Crippen LogP) is -0.471. The Bertz CT molecular complexity index is 812. The number of likely N-dealkylation sites (N-methyl/N-ethyl adjacent to an activating group) is 1. The molecule has 1 heterocycles. The van der Waals surface area contributed by atoms with Gasteiger partial charge >= 0.3 is 0 Å². The van der Waals surface area contributed by atoms with Crippen molar-refractivity contribution in [2.75, 3.05) is 13.6 Å². The molecule has 120 valence electrons.